The van der Waals surface area contributed by atoms with Gasteiger partial charge in [0.25, 0.3) is 0 Å². The lowest BCUT2D eigenvalue weighted by Crippen LogP contribution is -2.34. The number of Topliss-reactive ketones (excluding diaryl/α,β-unsaturated/α-hetero) is 1. The summed E-state index contributed by atoms with van der Waals surface area (Å²) in [4.78, 5) is 42.1. The SMILES string of the molecule is [2H]C1=C(C(=O)C(N)CC(=O)O)C2=CC3=NC(=CC4=NC(=CC5=NC(=CC1=N2)C=C5)C=C4)C=C3. The number of aliphatic imine (C=N–C) groups is 4. The summed E-state index contributed by atoms with van der Waals surface area (Å²) in [7, 11) is 0. The first-order valence-corrected chi connectivity index (χ1v) is 9.85. The Morgan fingerprint density at radius 3 is 1.84 bits per heavy atom. The summed E-state index contributed by atoms with van der Waals surface area (Å²) >= 11 is 0. The number of ketones is 1. The molecule has 5 heterocycles. The number of allylic oxidation sites excluding steroid dienone is 12. The van der Waals surface area contributed by atoms with Gasteiger partial charge in [-0.3, -0.25) is 9.59 Å². The summed E-state index contributed by atoms with van der Waals surface area (Å²) < 4.78 is 8.56. The summed E-state index contributed by atoms with van der Waals surface area (Å²) in [6.45, 7) is 0. The number of carboxylic acids is 1. The lowest BCUT2D eigenvalue weighted by atomic mass is 9.99. The van der Waals surface area contributed by atoms with Crippen LogP contribution in [0.25, 0.3) is 0 Å². The Morgan fingerprint density at radius 1 is 0.812 bits per heavy atom. The van der Waals surface area contributed by atoms with Gasteiger partial charge in [-0.1, -0.05) is 0 Å². The highest BCUT2D eigenvalue weighted by molar-refractivity contribution is 6.20. The number of nitrogens with zero attached hydrogens (tertiary/aromatic N) is 4. The average Bonchev–Trinajstić information content (AvgIpc) is 3.53. The van der Waals surface area contributed by atoms with E-state index < -0.39 is 24.2 Å². The number of fused-ring (bicyclic) bond motifs is 4. The van der Waals surface area contributed by atoms with Crippen molar-refractivity contribution in [2.75, 3.05) is 0 Å². The van der Waals surface area contributed by atoms with Crippen molar-refractivity contribution in [1.29, 1.82) is 0 Å². The highest BCUT2D eigenvalue weighted by Crippen LogP contribution is 2.25. The Kier molecular flexibility index (Phi) is 4.47. The van der Waals surface area contributed by atoms with Crippen LogP contribution < -0.4 is 5.73 Å². The summed E-state index contributed by atoms with van der Waals surface area (Å²) in [5.74, 6) is -1.86. The zero-order valence-corrected chi connectivity index (χ0v) is 16.7. The number of hydrogen-bond acceptors (Lipinski definition) is 7. The molecule has 1 unspecified atom stereocenters. The Morgan fingerprint density at radius 2 is 1.31 bits per heavy atom. The summed E-state index contributed by atoms with van der Waals surface area (Å²) in [6, 6.07) is -1.43. The van der Waals surface area contributed by atoms with Gasteiger partial charge in [-0.2, -0.15) is 0 Å². The Hall–Kier alpha value is -4.30. The molecule has 0 aromatic heterocycles. The van der Waals surface area contributed by atoms with E-state index in [9.17, 15) is 9.59 Å². The lowest BCUT2D eigenvalue weighted by molar-refractivity contribution is -0.138. The van der Waals surface area contributed by atoms with Crippen molar-refractivity contribution < 1.29 is 16.1 Å². The number of carbonyl (C=O) groups excluding carboxylic acids is 1. The molecule has 0 saturated carbocycles. The predicted octanol–water partition coefficient (Wildman–Crippen LogP) is 2.32. The van der Waals surface area contributed by atoms with Gasteiger partial charge in [-0.05, 0) is 66.8 Å². The smallest absolute Gasteiger partial charge is 0.305 e. The fourth-order valence-corrected chi connectivity index (χ4v) is 3.48. The van der Waals surface area contributed by atoms with Gasteiger partial charge in [0.05, 0.1) is 59.5 Å². The average molecular weight is 424 g/mol. The molecule has 3 N–H and O–H groups in total. The van der Waals surface area contributed by atoms with Crippen LogP contribution in [0.1, 0.15) is 7.79 Å². The first-order chi connectivity index (χ1) is 15.9. The van der Waals surface area contributed by atoms with Gasteiger partial charge in [0.2, 0.25) is 0 Å². The predicted molar refractivity (Wildman–Crippen MR) is 123 cm³/mol. The van der Waals surface area contributed by atoms with E-state index in [0.29, 0.717) is 22.8 Å². The zero-order valence-electron chi connectivity index (χ0n) is 17.7. The largest absolute Gasteiger partial charge is 0.481 e. The number of carbonyl (C=O) groups is 2. The summed E-state index contributed by atoms with van der Waals surface area (Å²) in [5.41, 5.74) is 10.2. The van der Waals surface area contributed by atoms with Gasteiger partial charge in [0.1, 0.15) is 0 Å². The van der Waals surface area contributed by atoms with Crippen LogP contribution in [0.5, 0.6) is 0 Å². The van der Waals surface area contributed by atoms with Crippen molar-refractivity contribution in [3.63, 3.8) is 0 Å². The zero-order chi connectivity index (χ0) is 23.1. The van der Waals surface area contributed by atoms with E-state index in [1.54, 1.807) is 24.3 Å². The minimum Gasteiger partial charge on any atom is -0.481 e. The molecule has 1 atom stereocenters. The first-order valence-electron chi connectivity index (χ1n) is 10.3. The van der Waals surface area contributed by atoms with Crippen molar-refractivity contribution in [2.24, 2.45) is 25.7 Å². The molecule has 0 spiro atoms. The van der Waals surface area contributed by atoms with Crippen LogP contribution in [-0.2, 0) is 9.59 Å². The molecule has 0 fully saturated rings. The number of nitrogens with two attached hydrogens (primary N) is 1. The van der Waals surface area contributed by atoms with Gasteiger partial charge >= 0.3 is 5.97 Å². The minimum absolute atomic E-state index is 0.0342. The molecule has 0 amide bonds. The monoisotopic (exact) mass is 424 g/mol. The van der Waals surface area contributed by atoms with E-state index in [1.165, 1.54) is 0 Å². The molecule has 32 heavy (non-hydrogen) atoms. The highest BCUT2D eigenvalue weighted by atomic mass is 16.4. The van der Waals surface area contributed by atoms with Crippen LogP contribution in [0.3, 0.4) is 0 Å². The highest BCUT2D eigenvalue weighted by Gasteiger charge is 2.27. The van der Waals surface area contributed by atoms with Crippen LogP contribution in [0.4, 0.5) is 0 Å². The molecule has 5 rings (SSSR count). The molecule has 8 heteroatoms. The van der Waals surface area contributed by atoms with Crippen molar-refractivity contribution in [2.45, 2.75) is 12.5 Å². The van der Waals surface area contributed by atoms with Crippen molar-refractivity contribution in [3.05, 3.63) is 95.2 Å². The summed E-state index contributed by atoms with van der Waals surface area (Å²) in [6.07, 6.45) is 17.2. The molecule has 0 saturated heterocycles. The molecule has 5 aliphatic heterocycles. The third-order valence-electron chi connectivity index (χ3n) is 4.94. The van der Waals surface area contributed by atoms with Crippen molar-refractivity contribution >= 4 is 34.6 Å². The van der Waals surface area contributed by atoms with E-state index in [4.69, 9.17) is 12.2 Å². The van der Waals surface area contributed by atoms with Crippen molar-refractivity contribution in [3.8, 4) is 0 Å². The number of carboxylic acid groups (broad SMARTS) is 1. The maximum atomic E-state index is 13.0. The normalized spacial score (nSPS) is 21.8. The molecule has 8 bridgehead atoms. The van der Waals surface area contributed by atoms with Gasteiger partial charge in [-0.25, -0.2) is 20.0 Å². The van der Waals surface area contributed by atoms with Gasteiger partial charge in [-0.15, -0.1) is 0 Å². The molecule has 0 radical (unpaired) electrons. The minimum atomic E-state index is -1.29. The standard InChI is InChI=1S/C24H17N5O3/c25-21(12-23(30)31)24(32)20-10-19-9-17-4-3-15(27-17)7-13-1-2-14(26-13)8-16-5-6-18(28-16)11-22(20)29-19/h1-11,21H,12,25H2,(H,30,31)/i10D. The fourth-order valence-electron chi connectivity index (χ4n) is 3.48. The van der Waals surface area contributed by atoms with E-state index >= 15 is 0 Å². The van der Waals surface area contributed by atoms with Crippen molar-refractivity contribution in [1.82, 2.24) is 0 Å². The second-order valence-corrected chi connectivity index (χ2v) is 7.41. The van der Waals surface area contributed by atoms with Gasteiger partial charge in [0.15, 0.2) is 5.78 Å². The van der Waals surface area contributed by atoms with E-state index in [0.717, 1.165) is 11.4 Å². The second-order valence-electron chi connectivity index (χ2n) is 7.41. The van der Waals surface area contributed by atoms with Crippen LogP contribution in [0.2, 0.25) is 0 Å². The molecule has 5 aliphatic rings. The Balaban J connectivity index is 1.63. The van der Waals surface area contributed by atoms with E-state index in [2.05, 4.69) is 20.0 Å². The maximum Gasteiger partial charge on any atom is 0.305 e. The molecular formula is C24H17N5O3. The van der Waals surface area contributed by atoms with E-state index in [1.807, 2.05) is 36.5 Å². The van der Waals surface area contributed by atoms with Crippen LogP contribution in [0, 0.1) is 0 Å². The maximum absolute atomic E-state index is 13.0. The number of aliphatic carboxylic acids is 1. The molecule has 8 nitrogen and oxygen atoms in total. The second kappa shape index (κ2) is 7.75. The van der Waals surface area contributed by atoms with Crippen LogP contribution in [-0.4, -0.2) is 45.7 Å². The van der Waals surface area contributed by atoms with Crippen LogP contribution >= 0.6 is 0 Å². The molecular weight excluding hydrogens is 406 g/mol. The molecule has 156 valence electrons. The molecule has 0 aliphatic carbocycles. The molecule has 0 aromatic rings. The third-order valence-corrected chi connectivity index (χ3v) is 4.94. The number of rotatable bonds is 4. The lowest BCUT2D eigenvalue weighted by Gasteiger charge is -2.09. The number of hydrogen-bond donors (Lipinski definition) is 2. The Labute approximate surface area is 184 Å². The van der Waals surface area contributed by atoms with Gasteiger partial charge < -0.3 is 10.8 Å². The third kappa shape index (κ3) is 3.99. The van der Waals surface area contributed by atoms with Gasteiger partial charge in [0, 0.05) is 5.57 Å². The summed E-state index contributed by atoms with van der Waals surface area (Å²) in [5, 5.41) is 9.03. The van der Waals surface area contributed by atoms with Crippen LogP contribution in [0.15, 0.2) is 115 Å². The fraction of sp³-hybridized carbons (Fsp3) is 0.0833. The quantitative estimate of drug-likeness (QED) is 0.717. The molecule has 0 aromatic carbocycles. The van der Waals surface area contributed by atoms with E-state index in [-0.39, 0.29) is 23.0 Å². The first kappa shape index (κ1) is 18.5. The topological polar surface area (TPSA) is 130 Å². The Bertz CT molecular complexity index is 1390.